The number of hydrogen-bond donors (Lipinski definition) is 2. The van der Waals surface area contributed by atoms with Gasteiger partial charge in [0, 0.05) is 11.4 Å². The topological polar surface area (TPSA) is 97.5 Å². The number of aryl methyl sites for hydroxylation is 1. The van der Waals surface area contributed by atoms with E-state index in [0.717, 1.165) is 6.07 Å². The van der Waals surface area contributed by atoms with Crippen LogP contribution in [-0.2, 0) is 14.3 Å². The lowest BCUT2D eigenvalue weighted by atomic mass is 10.1. The molecular weight excluding hydrogens is 391 g/mol. The van der Waals surface area contributed by atoms with Gasteiger partial charge in [-0.3, -0.25) is 4.79 Å². The number of ether oxygens (including phenoxy) is 2. The normalized spacial score (nSPS) is 11.6. The first-order chi connectivity index (χ1) is 13.1. The Bertz CT molecular complexity index is 925. The third-order valence-corrected chi connectivity index (χ3v) is 4.25. The molecule has 150 valence electrons. The Morgan fingerprint density at radius 2 is 1.93 bits per heavy atom. The summed E-state index contributed by atoms with van der Waals surface area (Å²) in [6.45, 7) is 6.45. The fourth-order valence-corrected chi connectivity index (χ4v) is 2.73. The van der Waals surface area contributed by atoms with Gasteiger partial charge in [0.1, 0.15) is 11.5 Å². The van der Waals surface area contributed by atoms with Crippen LogP contribution in [0.5, 0.6) is 0 Å². The highest BCUT2D eigenvalue weighted by Crippen LogP contribution is 2.22. The van der Waals surface area contributed by atoms with Gasteiger partial charge in [-0.05, 0) is 51.5 Å². The smallest absolute Gasteiger partial charge is 0.355 e. The number of aromatic nitrogens is 1. The summed E-state index contributed by atoms with van der Waals surface area (Å²) in [6, 6.07) is 3.69. The molecule has 0 unspecified atom stereocenters. The van der Waals surface area contributed by atoms with Crippen molar-refractivity contribution in [3.63, 3.8) is 0 Å². The molecule has 2 N–H and O–H groups in total. The number of carbonyl (C=O) groups is 3. The van der Waals surface area contributed by atoms with Crippen LogP contribution in [0, 0.1) is 19.7 Å². The van der Waals surface area contributed by atoms with Crippen LogP contribution in [-0.4, -0.2) is 35.5 Å². The Morgan fingerprint density at radius 1 is 1.25 bits per heavy atom. The van der Waals surface area contributed by atoms with Crippen LogP contribution in [0.25, 0.3) is 0 Å². The predicted molar refractivity (Wildman–Crippen MR) is 101 cm³/mol. The summed E-state index contributed by atoms with van der Waals surface area (Å²) >= 11 is 5.67. The minimum absolute atomic E-state index is 0.146. The second kappa shape index (κ2) is 8.88. The summed E-state index contributed by atoms with van der Waals surface area (Å²) in [5.74, 6) is -2.58. The molecule has 0 aliphatic heterocycles. The summed E-state index contributed by atoms with van der Waals surface area (Å²) in [6.07, 6.45) is -1.14. The molecule has 0 saturated heterocycles. The summed E-state index contributed by atoms with van der Waals surface area (Å²) in [4.78, 5) is 39.5. The number of H-pyrrole nitrogens is 1. The van der Waals surface area contributed by atoms with Crippen molar-refractivity contribution in [2.24, 2.45) is 0 Å². The van der Waals surface area contributed by atoms with Gasteiger partial charge < -0.3 is 19.8 Å². The average Bonchev–Trinajstić information content (AvgIpc) is 2.92. The number of amides is 1. The van der Waals surface area contributed by atoms with Crippen molar-refractivity contribution in [1.82, 2.24) is 4.98 Å². The molecule has 1 aromatic heterocycles. The zero-order chi connectivity index (χ0) is 21.0. The first-order valence-electron chi connectivity index (χ1n) is 8.48. The van der Waals surface area contributed by atoms with E-state index in [1.807, 2.05) is 0 Å². The molecule has 2 rings (SSSR count). The molecule has 0 fully saturated rings. The number of rotatable bonds is 6. The quantitative estimate of drug-likeness (QED) is 0.706. The van der Waals surface area contributed by atoms with E-state index in [4.69, 9.17) is 21.1 Å². The first kappa shape index (κ1) is 21.4. The lowest BCUT2D eigenvalue weighted by molar-refractivity contribution is -0.123. The predicted octanol–water partition coefficient (Wildman–Crippen LogP) is 3.78. The van der Waals surface area contributed by atoms with Crippen LogP contribution in [0.4, 0.5) is 10.1 Å². The van der Waals surface area contributed by atoms with Gasteiger partial charge in [0.15, 0.2) is 6.10 Å². The van der Waals surface area contributed by atoms with E-state index in [1.165, 1.54) is 19.1 Å². The van der Waals surface area contributed by atoms with Gasteiger partial charge in [0.2, 0.25) is 0 Å². The van der Waals surface area contributed by atoms with E-state index in [9.17, 15) is 18.8 Å². The van der Waals surface area contributed by atoms with E-state index in [0.29, 0.717) is 11.3 Å². The highest BCUT2D eigenvalue weighted by molar-refractivity contribution is 6.31. The number of hydrogen-bond acceptors (Lipinski definition) is 5. The van der Waals surface area contributed by atoms with E-state index in [-0.39, 0.29) is 28.6 Å². The lowest BCUT2D eigenvalue weighted by Gasteiger charge is -2.14. The van der Waals surface area contributed by atoms with Gasteiger partial charge >= 0.3 is 11.9 Å². The van der Waals surface area contributed by atoms with Crippen LogP contribution >= 0.6 is 11.6 Å². The van der Waals surface area contributed by atoms with E-state index < -0.39 is 29.8 Å². The molecule has 0 saturated carbocycles. The molecule has 1 aromatic carbocycles. The summed E-state index contributed by atoms with van der Waals surface area (Å²) in [7, 11) is 0. The van der Waals surface area contributed by atoms with E-state index >= 15 is 0 Å². The summed E-state index contributed by atoms with van der Waals surface area (Å²) < 4.78 is 23.3. The number of nitrogens with one attached hydrogen (secondary N) is 2. The Morgan fingerprint density at radius 3 is 2.54 bits per heavy atom. The highest BCUT2D eigenvalue weighted by Gasteiger charge is 2.26. The van der Waals surface area contributed by atoms with Crippen LogP contribution in [0.3, 0.4) is 0 Å². The number of esters is 2. The lowest BCUT2D eigenvalue weighted by Crippen LogP contribution is -2.30. The molecule has 1 atom stereocenters. The van der Waals surface area contributed by atoms with Gasteiger partial charge in [0.25, 0.3) is 5.91 Å². The maximum Gasteiger partial charge on any atom is 0.355 e. The summed E-state index contributed by atoms with van der Waals surface area (Å²) in [5, 5.41) is 2.34. The van der Waals surface area contributed by atoms with Gasteiger partial charge in [-0.25, -0.2) is 14.0 Å². The van der Waals surface area contributed by atoms with Gasteiger partial charge in [-0.1, -0.05) is 11.6 Å². The van der Waals surface area contributed by atoms with Crippen LogP contribution < -0.4 is 5.32 Å². The monoisotopic (exact) mass is 410 g/mol. The second-order valence-electron chi connectivity index (χ2n) is 6.01. The van der Waals surface area contributed by atoms with Crippen molar-refractivity contribution >= 4 is 35.1 Å². The number of anilines is 1. The van der Waals surface area contributed by atoms with Gasteiger partial charge in [-0.15, -0.1) is 0 Å². The SMILES string of the molecule is CCOC(=O)c1[nH]c(C)c(C(=O)O[C@@H](C)C(=O)Nc2ccc(F)c(Cl)c2)c1C. The standard InChI is InChI=1S/C19H20ClFN2O5/c1-5-27-19(26)16-9(2)15(10(3)22-16)18(25)28-11(4)17(24)23-12-6-7-14(21)13(20)8-12/h6-8,11,22H,5H2,1-4H3,(H,23,24)/t11-/m0/s1. The van der Waals surface area contributed by atoms with Crippen molar-refractivity contribution in [2.45, 2.75) is 33.8 Å². The minimum Gasteiger partial charge on any atom is -0.461 e. The third kappa shape index (κ3) is 4.69. The Kier molecular flexibility index (Phi) is 6.80. The first-order valence-corrected chi connectivity index (χ1v) is 8.86. The van der Waals surface area contributed by atoms with Crippen LogP contribution in [0.1, 0.15) is 46.0 Å². The fraction of sp³-hybridized carbons (Fsp3) is 0.316. The fourth-order valence-electron chi connectivity index (χ4n) is 2.55. The largest absolute Gasteiger partial charge is 0.461 e. The Balaban J connectivity index is 2.10. The van der Waals surface area contributed by atoms with Gasteiger partial charge in [0.05, 0.1) is 17.2 Å². The van der Waals surface area contributed by atoms with Crippen molar-refractivity contribution in [2.75, 3.05) is 11.9 Å². The molecule has 0 spiro atoms. The Hall–Kier alpha value is -2.87. The molecule has 0 aliphatic rings. The number of aromatic amines is 1. The van der Waals surface area contributed by atoms with E-state index in [2.05, 4.69) is 10.3 Å². The molecule has 1 heterocycles. The number of carbonyl (C=O) groups excluding carboxylic acids is 3. The maximum absolute atomic E-state index is 13.2. The zero-order valence-electron chi connectivity index (χ0n) is 15.8. The third-order valence-electron chi connectivity index (χ3n) is 3.96. The zero-order valence-corrected chi connectivity index (χ0v) is 16.6. The van der Waals surface area contributed by atoms with Crippen LogP contribution in [0.2, 0.25) is 5.02 Å². The highest BCUT2D eigenvalue weighted by atomic mass is 35.5. The second-order valence-corrected chi connectivity index (χ2v) is 6.42. The number of halogens is 2. The van der Waals surface area contributed by atoms with Crippen LogP contribution in [0.15, 0.2) is 18.2 Å². The minimum atomic E-state index is -1.14. The molecule has 7 nitrogen and oxygen atoms in total. The van der Waals surface area contributed by atoms with Crippen molar-refractivity contribution in [1.29, 1.82) is 0 Å². The van der Waals surface area contributed by atoms with Crippen molar-refractivity contribution < 1.29 is 28.2 Å². The maximum atomic E-state index is 13.2. The van der Waals surface area contributed by atoms with E-state index in [1.54, 1.807) is 20.8 Å². The molecule has 1 amide bonds. The van der Waals surface area contributed by atoms with Crippen molar-refractivity contribution in [3.05, 3.63) is 51.6 Å². The molecule has 0 aliphatic carbocycles. The number of benzene rings is 1. The Labute approximate surface area is 166 Å². The van der Waals surface area contributed by atoms with Crippen molar-refractivity contribution in [3.8, 4) is 0 Å². The van der Waals surface area contributed by atoms with Gasteiger partial charge in [-0.2, -0.15) is 0 Å². The molecule has 2 aromatic rings. The molecule has 28 heavy (non-hydrogen) atoms. The molecular formula is C19H20ClFN2O5. The molecule has 0 radical (unpaired) electrons. The summed E-state index contributed by atoms with van der Waals surface area (Å²) in [5.41, 5.74) is 1.37. The molecule has 0 bridgehead atoms. The molecule has 9 heteroatoms. The average molecular weight is 411 g/mol.